The van der Waals surface area contributed by atoms with Crippen LogP contribution in [0, 0.1) is 0 Å². The maximum absolute atomic E-state index is 12.8. The summed E-state index contributed by atoms with van der Waals surface area (Å²) in [4.78, 5) is 26.0. The molecule has 0 fully saturated rings. The first-order valence-electron chi connectivity index (χ1n) is 7.50. The van der Waals surface area contributed by atoms with Gasteiger partial charge in [-0.2, -0.15) is 0 Å². The number of carbonyl (C=O) groups excluding carboxylic acids is 2. The van der Waals surface area contributed by atoms with Crippen LogP contribution in [0.25, 0.3) is 0 Å². The molecule has 2 N–H and O–H groups in total. The van der Waals surface area contributed by atoms with Gasteiger partial charge in [0.25, 0.3) is 5.91 Å². The quantitative estimate of drug-likeness (QED) is 0.937. The number of para-hydroxylation sites is 2. The Kier molecular flexibility index (Phi) is 4.02. The summed E-state index contributed by atoms with van der Waals surface area (Å²) < 4.78 is 5.69. The molecule has 2 atom stereocenters. The van der Waals surface area contributed by atoms with Gasteiger partial charge in [0, 0.05) is 12.1 Å². The molecule has 0 spiro atoms. The Bertz CT molecular complexity index is 730. The summed E-state index contributed by atoms with van der Waals surface area (Å²) in [6.07, 6.45) is -0.277. The molecule has 3 rings (SSSR count). The van der Waals surface area contributed by atoms with Gasteiger partial charge in [0.15, 0.2) is 6.10 Å². The summed E-state index contributed by atoms with van der Waals surface area (Å²) in [6, 6.07) is 15.9. The molecule has 0 saturated heterocycles. The van der Waals surface area contributed by atoms with Crippen molar-refractivity contribution in [3.63, 3.8) is 0 Å². The molecule has 0 aliphatic carbocycles. The fourth-order valence-electron chi connectivity index (χ4n) is 2.84. The van der Waals surface area contributed by atoms with Crippen molar-refractivity contribution in [3.8, 4) is 5.75 Å². The van der Waals surface area contributed by atoms with Crippen molar-refractivity contribution < 1.29 is 14.3 Å². The van der Waals surface area contributed by atoms with Crippen molar-refractivity contribution in [1.29, 1.82) is 0 Å². The number of benzene rings is 2. The van der Waals surface area contributed by atoms with E-state index in [0.717, 1.165) is 11.3 Å². The van der Waals surface area contributed by atoms with Crippen LogP contribution in [0.1, 0.15) is 12.5 Å². The molecule has 1 aliphatic heterocycles. The summed E-state index contributed by atoms with van der Waals surface area (Å²) in [7, 11) is 0. The van der Waals surface area contributed by atoms with Crippen molar-refractivity contribution >= 4 is 17.5 Å². The first kappa shape index (κ1) is 15.1. The van der Waals surface area contributed by atoms with Gasteiger partial charge < -0.3 is 10.5 Å². The second-order valence-corrected chi connectivity index (χ2v) is 5.53. The standard InChI is InChI=1S/C18H18N2O3/c1-12(23-14-8-3-2-4-9-14)18(22)20-15-10-6-5-7-13(15)11-16(20)17(19)21/h2-10,12,16H,11H2,1H3,(H2,19,21). The second-order valence-electron chi connectivity index (χ2n) is 5.53. The highest BCUT2D eigenvalue weighted by molar-refractivity contribution is 6.05. The van der Waals surface area contributed by atoms with Crippen molar-refractivity contribution in [3.05, 3.63) is 60.2 Å². The number of amides is 2. The van der Waals surface area contributed by atoms with E-state index < -0.39 is 18.1 Å². The van der Waals surface area contributed by atoms with Crippen LogP contribution in [0.2, 0.25) is 0 Å². The molecule has 0 radical (unpaired) electrons. The molecule has 5 nitrogen and oxygen atoms in total. The van der Waals surface area contributed by atoms with Crippen LogP contribution < -0.4 is 15.4 Å². The maximum atomic E-state index is 12.8. The molecule has 2 aromatic rings. The molecule has 1 aliphatic rings. The first-order chi connectivity index (χ1) is 11.1. The van der Waals surface area contributed by atoms with E-state index in [2.05, 4.69) is 0 Å². The Morgan fingerprint density at radius 3 is 2.48 bits per heavy atom. The number of rotatable bonds is 4. The minimum absolute atomic E-state index is 0.275. The molecule has 2 aromatic carbocycles. The molecular weight excluding hydrogens is 292 g/mol. The number of fused-ring (bicyclic) bond motifs is 1. The Balaban J connectivity index is 1.85. The Morgan fingerprint density at radius 1 is 1.13 bits per heavy atom. The molecule has 0 saturated carbocycles. The van der Waals surface area contributed by atoms with Crippen LogP contribution in [-0.4, -0.2) is 24.0 Å². The van der Waals surface area contributed by atoms with E-state index in [9.17, 15) is 9.59 Å². The van der Waals surface area contributed by atoms with Gasteiger partial charge >= 0.3 is 0 Å². The Morgan fingerprint density at radius 2 is 1.78 bits per heavy atom. The minimum Gasteiger partial charge on any atom is -0.481 e. The van der Waals surface area contributed by atoms with Crippen LogP contribution in [0.15, 0.2) is 54.6 Å². The third-order valence-corrected chi connectivity index (χ3v) is 3.95. The average molecular weight is 310 g/mol. The molecule has 118 valence electrons. The van der Waals surface area contributed by atoms with Crippen LogP contribution >= 0.6 is 0 Å². The highest BCUT2D eigenvalue weighted by Gasteiger charge is 2.39. The number of ether oxygens (including phenoxy) is 1. The molecule has 0 bridgehead atoms. The van der Waals surface area contributed by atoms with E-state index in [0.29, 0.717) is 12.2 Å². The number of nitrogens with two attached hydrogens (primary N) is 1. The van der Waals surface area contributed by atoms with Gasteiger partial charge in [-0.25, -0.2) is 0 Å². The van der Waals surface area contributed by atoms with Gasteiger partial charge in [-0.05, 0) is 30.7 Å². The summed E-state index contributed by atoms with van der Waals surface area (Å²) in [5.41, 5.74) is 7.15. The predicted molar refractivity (Wildman–Crippen MR) is 87.1 cm³/mol. The Hall–Kier alpha value is -2.82. The fraction of sp³-hybridized carbons (Fsp3) is 0.222. The van der Waals surface area contributed by atoms with Crippen LogP contribution in [0.3, 0.4) is 0 Å². The zero-order valence-electron chi connectivity index (χ0n) is 12.8. The lowest BCUT2D eigenvalue weighted by Crippen LogP contribution is -2.50. The smallest absolute Gasteiger partial charge is 0.268 e. The van der Waals surface area contributed by atoms with Crippen molar-refractivity contribution in [2.45, 2.75) is 25.5 Å². The lowest BCUT2D eigenvalue weighted by molar-refractivity contribution is -0.128. The summed E-state index contributed by atoms with van der Waals surface area (Å²) in [6.45, 7) is 1.67. The third kappa shape index (κ3) is 2.90. The van der Waals surface area contributed by atoms with E-state index in [-0.39, 0.29) is 5.91 Å². The predicted octanol–water partition coefficient (Wildman–Crippen LogP) is 1.90. The number of carbonyl (C=O) groups is 2. The highest BCUT2D eigenvalue weighted by atomic mass is 16.5. The highest BCUT2D eigenvalue weighted by Crippen LogP contribution is 2.32. The third-order valence-electron chi connectivity index (χ3n) is 3.95. The van der Waals surface area contributed by atoms with Crippen LogP contribution in [0.4, 0.5) is 5.69 Å². The van der Waals surface area contributed by atoms with Gasteiger partial charge in [-0.1, -0.05) is 36.4 Å². The van der Waals surface area contributed by atoms with Gasteiger partial charge in [0.1, 0.15) is 11.8 Å². The largest absolute Gasteiger partial charge is 0.481 e. The first-order valence-corrected chi connectivity index (χ1v) is 7.50. The Labute approximate surface area is 134 Å². The molecule has 23 heavy (non-hydrogen) atoms. The monoisotopic (exact) mass is 310 g/mol. The van der Waals surface area contributed by atoms with Gasteiger partial charge in [0.05, 0.1) is 0 Å². The number of primary amides is 1. The van der Waals surface area contributed by atoms with Gasteiger partial charge in [-0.3, -0.25) is 14.5 Å². The zero-order valence-corrected chi connectivity index (χ0v) is 12.8. The number of hydrogen-bond donors (Lipinski definition) is 1. The molecule has 0 aromatic heterocycles. The normalized spacial score (nSPS) is 17.4. The average Bonchev–Trinajstić information content (AvgIpc) is 2.94. The molecule has 5 heteroatoms. The summed E-state index contributed by atoms with van der Waals surface area (Å²) in [5, 5.41) is 0. The summed E-state index contributed by atoms with van der Waals surface area (Å²) in [5.74, 6) is -0.180. The lowest BCUT2D eigenvalue weighted by Gasteiger charge is -2.26. The molecule has 1 heterocycles. The topological polar surface area (TPSA) is 72.6 Å². The number of nitrogens with zero attached hydrogens (tertiary/aromatic N) is 1. The zero-order chi connectivity index (χ0) is 16.4. The molecule has 2 amide bonds. The second kappa shape index (κ2) is 6.12. The van der Waals surface area contributed by atoms with Gasteiger partial charge in [0.2, 0.25) is 5.91 Å². The SMILES string of the molecule is CC(Oc1ccccc1)C(=O)N1c2ccccc2CC1C(N)=O. The van der Waals surface area contributed by atoms with Crippen molar-refractivity contribution in [1.82, 2.24) is 0 Å². The van der Waals surface area contributed by atoms with Crippen LogP contribution in [0.5, 0.6) is 5.75 Å². The van der Waals surface area contributed by atoms with Crippen molar-refractivity contribution in [2.24, 2.45) is 5.73 Å². The van der Waals surface area contributed by atoms with E-state index in [4.69, 9.17) is 10.5 Å². The van der Waals surface area contributed by atoms with E-state index in [1.165, 1.54) is 4.90 Å². The number of hydrogen-bond acceptors (Lipinski definition) is 3. The lowest BCUT2D eigenvalue weighted by atomic mass is 10.1. The van der Waals surface area contributed by atoms with E-state index in [1.54, 1.807) is 19.1 Å². The van der Waals surface area contributed by atoms with Crippen molar-refractivity contribution in [2.75, 3.05) is 4.90 Å². The fourth-order valence-corrected chi connectivity index (χ4v) is 2.84. The minimum atomic E-state index is -0.717. The van der Waals surface area contributed by atoms with E-state index >= 15 is 0 Å². The summed E-state index contributed by atoms with van der Waals surface area (Å²) >= 11 is 0. The van der Waals surface area contributed by atoms with E-state index in [1.807, 2.05) is 42.5 Å². The van der Waals surface area contributed by atoms with Crippen LogP contribution in [-0.2, 0) is 16.0 Å². The molecular formula is C18H18N2O3. The maximum Gasteiger partial charge on any atom is 0.268 e. The molecule has 2 unspecified atom stereocenters. The number of anilines is 1. The van der Waals surface area contributed by atoms with Gasteiger partial charge in [-0.15, -0.1) is 0 Å².